The average molecular weight is 498 g/mol. The fourth-order valence-electron chi connectivity index (χ4n) is 6.20. The Morgan fingerprint density at radius 2 is 1.94 bits per heavy atom. The standard InChI is InChI=1S/C26H35N5O5/c1-16(18-8-6-12-30(18)2)36-21-15-20(31-13-14-35-25(31)34)28-24(29-21)22(27)17-7-5-11-26(23(17)33)10-4-3-9-19(26)32/h15-16,18H,3-14,27H2,1-2H3/t16-,18-,26+/m0/s1. The zero-order valence-corrected chi connectivity index (χ0v) is 21.1. The quantitative estimate of drug-likeness (QED) is 0.482. The molecule has 10 nitrogen and oxygen atoms in total. The number of aromatic nitrogens is 2. The zero-order chi connectivity index (χ0) is 25.4. The van der Waals surface area contributed by atoms with Crippen LogP contribution in [0.3, 0.4) is 0 Å². The zero-order valence-electron chi connectivity index (χ0n) is 21.1. The second-order valence-electron chi connectivity index (χ2n) is 10.5. The number of likely N-dealkylation sites (tertiary alicyclic amines) is 1. The molecule has 0 unspecified atom stereocenters. The van der Waals surface area contributed by atoms with Crippen LogP contribution in [0.1, 0.15) is 70.5 Å². The van der Waals surface area contributed by atoms with Crippen LogP contribution in [0.4, 0.5) is 10.6 Å². The minimum Gasteiger partial charge on any atom is -0.473 e. The maximum absolute atomic E-state index is 13.7. The fraction of sp³-hybridized carbons (Fsp3) is 0.654. The number of nitrogens with two attached hydrogens (primary N) is 1. The molecular weight excluding hydrogens is 462 g/mol. The van der Waals surface area contributed by atoms with Gasteiger partial charge in [-0.15, -0.1) is 0 Å². The minimum absolute atomic E-state index is 0.0248. The summed E-state index contributed by atoms with van der Waals surface area (Å²) in [5.41, 5.74) is 6.17. The summed E-state index contributed by atoms with van der Waals surface area (Å²) in [5, 5.41) is 0. The van der Waals surface area contributed by atoms with Gasteiger partial charge >= 0.3 is 6.09 Å². The molecule has 2 saturated carbocycles. The first-order valence-electron chi connectivity index (χ1n) is 13.1. The topological polar surface area (TPSA) is 128 Å². The van der Waals surface area contributed by atoms with Gasteiger partial charge in [-0.05, 0) is 65.5 Å². The third-order valence-corrected chi connectivity index (χ3v) is 8.25. The van der Waals surface area contributed by atoms with Crippen LogP contribution in [-0.4, -0.2) is 71.4 Å². The molecule has 1 aromatic heterocycles. The van der Waals surface area contributed by atoms with Gasteiger partial charge in [0.1, 0.15) is 24.3 Å². The van der Waals surface area contributed by atoms with Crippen molar-refractivity contribution in [3.05, 3.63) is 17.5 Å². The number of nitrogens with zero attached hydrogens (tertiary/aromatic N) is 4. The summed E-state index contributed by atoms with van der Waals surface area (Å²) in [6, 6.07) is 1.87. The van der Waals surface area contributed by atoms with E-state index in [-0.39, 0.29) is 47.7 Å². The first kappa shape index (κ1) is 24.7. The lowest BCUT2D eigenvalue weighted by atomic mass is 9.62. The van der Waals surface area contributed by atoms with Gasteiger partial charge in [0.15, 0.2) is 11.6 Å². The Morgan fingerprint density at radius 1 is 1.14 bits per heavy atom. The van der Waals surface area contributed by atoms with Crippen molar-refractivity contribution in [1.29, 1.82) is 0 Å². The number of carbonyl (C=O) groups is 3. The van der Waals surface area contributed by atoms with Gasteiger partial charge in [-0.25, -0.2) is 9.78 Å². The maximum atomic E-state index is 13.7. The largest absolute Gasteiger partial charge is 0.473 e. The summed E-state index contributed by atoms with van der Waals surface area (Å²) in [6.45, 7) is 3.63. The number of carbonyl (C=O) groups excluding carboxylic acids is 3. The van der Waals surface area contributed by atoms with Crippen molar-refractivity contribution in [2.45, 2.75) is 76.9 Å². The van der Waals surface area contributed by atoms with Crippen LogP contribution in [0.15, 0.2) is 11.6 Å². The molecule has 10 heteroatoms. The molecule has 1 amide bonds. The summed E-state index contributed by atoms with van der Waals surface area (Å²) in [5.74, 6) is 0.584. The Morgan fingerprint density at radius 3 is 2.64 bits per heavy atom. The number of allylic oxidation sites excluding steroid dienone is 1. The van der Waals surface area contributed by atoms with E-state index in [0.29, 0.717) is 50.0 Å². The number of amides is 1. The molecule has 0 aromatic carbocycles. The van der Waals surface area contributed by atoms with E-state index in [1.165, 1.54) is 4.90 Å². The number of ether oxygens (including phenoxy) is 2. The van der Waals surface area contributed by atoms with E-state index in [0.717, 1.165) is 32.2 Å². The molecule has 0 bridgehead atoms. The van der Waals surface area contributed by atoms with Gasteiger partial charge in [0.05, 0.1) is 17.7 Å². The van der Waals surface area contributed by atoms with Crippen molar-refractivity contribution >= 4 is 29.2 Å². The number of anilines is 1. The van der Waals surface area contributed by atoms with E-state index in [4.69, 9.17) is 15.2 Å². The van der Waals surface area contributed by atoms with Crippen LogP contribution >= 0.6 is 0 Å². The summed E-state index contributed by atoms with van der Waals surface area (Å²) < 4.78 is 11.3. The van der Waals surface area contributed by atoms with Gasteiger partial charge in [-0.3, -0.25) is 19.4 Å². The Labute approximate surface area is 211 Å². The highest BCUT2D eigenvalue weighted by Crippen LogP contribution is 2.45. The van der Waals surface area contributed by atoms with Crippen molar-refractivity contribution in [3.8, 4) is 5.88 Å². The highest BCUT2D eigenvalue weighted by molar-refractivity contribution is 6.17. The Kier molecular flexibility index (Phi) is 6.72. The van der Waals surface area contributed by atoms with Gasteiger partial charge < -0.3 is 15.2 Å². The average Bonchev–Trinajstić information content (AvgIpc) is 3.49. The second-order valence-corrected chi connectivity index (χ2v) is 10.5. The van der Waals surface area contributed by atoms with E-state index in [1.807, 2.05) is 6.92 Å². The maximum Gasteiger partial charge on any atom is 0.415 e. The predicted molar refractivity (Wildman–Crippen MR) is 132 cm³/mol. The van der Waals surface area contributed by atoms with Crippen molar-refractivity contribution in [2.24, 2.45) is 11.1 Å². The Hall–Kier alpha value is -3.01. The molecule has 36 heavy (non-hydrogen) atoms. The van der Waals surface area contributed by atoms with Crippen molar-refractivity contribution in [3.63, 3.8) is 0 Å². The lowest BCUT2D eigenvalue weighted by molar-refractivity contribution is -0.143. The van der Waals surface area contributed by atoms with Gasteiger partial charge in [-0.2, -0.15) is 4.98 Å². The molecule has 1 spiro atoms. The number of ketones is 2. The smallest absolute Gasteiger partial charge is 0.415 e. The van der Waals surface area contributed by atoms with Crippen molar-refractivity contribution in [1.82, 2.24) is 14.9 Å². The SMILES string of the molecule is C[C@H](Oc1cc(N2CCOC2=O)nc(C(N)=C2CCC[C@@]3(CCCCC3=O)C2=O)n1)[C@@H]1CCCN1C. The highest BCUT2D eigenvalue weighted by Gasteiger charge is 2.49. The third kappa shape index (κ3) is 4.36. The molecule has 4 fully saturated rings. The molecule has 1 aromatic rings. The van der Waals surface area contributed by atoms with Gasteiger partial charge in [0, 0.05) is 24.1 Å². The molecule has 4 aliphatic rings. The van der Waals surface area contributed by atoms with Crippen molar-refractivity contribution in [2.75, 3.05) is 31.6 Å². The predicted octanol–water partition coefficient (Wildman–Crippen LogP) is 2.85. The first-order chi connectivity index (χ1) is 17.3. The van der Waals surface area contributed by atoms with Gasteiger partial charge in [-0.1, -0.05) is 6.42 Å². The molecule has 2 N–H and O–H groups in total. The third-order valence-electron chi connectivity index (χ3n) is 8.25. The van der Waals surface area contributed by atoms with Crippen LogP contribution in [0, 0.1) is 5.41 Å². The summed E-state index contributed by atoms with van der Waals surface area (Å²) >= 11 is 0. The van der Waals surface area contributed by atoms with E-state index < -0.39 is 11.5 Å². The summed E-state index contributed by atoms with van der Waals surface area (Å²) in [6.07, 6.45) is 5.94. The Bertz CT molecular complexity index is 1100. The number of hydrogen-bond donors (Lipinski definition) is 1. The molecule has 2 aliphatic heterocycles. The number of hydrogen-bond acceptors (Lipinski definition) is 9. The van der Waals surface area contributed by atoms with Crippen LogP contribution in [0.5, 0.6) is 5.88 Å². The summed E-state index contributed by atoms with van der Waals surface area (Å²) in [4.78, 5) is 51.6. The van der Waals surface area contributed by atoms with Crippen LogP contribution in [0.2, 0.25) is 0 Å². The summed E-state index contributed by atoms with van der Waals surface area (Å²) in [7, 11) is 2.08. The van der Waals surface area contributed by atoms with E-state index in [1.54, 1.807) is 6.07 Å². The lowest BCUT2D eigenvalue weighted by Gasteiger charge is -2.38. The van der Waals surface area contributed by atoms with E-state index >= 15 is 0 Å². The Balaban J connectivity index is 1.51. The number of rotatable bonds is 5. The normalized spacial score (nSPS) is 29.6. The molecule has 0 radical (unpaired) electrons. The second kappa shape index (κ2) is 9.80. The molecular formula is C26H35N5O5. The molecule has 2 aliphatic carbocycles. The number of cyclic esters (lactones) is 1. The van der Waals surface area contributed by atoms with Gasteiger partial charge in [0.25, 0.3) is 0 Å². The van der Waals surface area contributed by atoms with Crippen LogP contribution < -0.4 is 15.4 Å². The molecule has 5 rings (SSSR count). The molecule has 194 valence electrons. The first-order valence-corrected chi connectivity index (χ1v) is 13.1. The lowest BCUT2D eigenvalue weighted by Crippen LogP contribution is -2.45. The van der Waals surface area contributed by atoms with Crippen LogP contribution in [0.25, 0.3) is 5.70 Å². The van der Waals surface area contributed by atoms with Crippen molar-refractivity contribution < 1.29 is 23.9 Å². The highest BCUT2D eigenvalue weighted by atomic mass is 16.6. The molecule has 3 heterocycles. The monoisotopic (exact) mass is 497 g/mol. The molecule has 3 atom stereocenters. The number of likely N-dealkylation sites (N-methyl/N-ethyl adjacent to an activating group) is 1. The minimum atomic E-state index is -0.965. The fourth-order valence-corrected chi connectivity index (χ4v) is 6.20. The van der Waals surface area contributed by atoms with Gasteiger partial charge in [0.2, 0.25) is 5.88 Å². The number of Topliss-reactive ketones (excluding diaryl/α,β-unsaturated/α-hetero) is 2. The van der Waals surface area contributed by atoms with E-state index in [2.05, 4.69) is 21.9 Å². The van der Waals surface area contributed by atoms with E-state index in [9.17, 15) is 14.4 Å². The van der Waals surface area contributed by atoms with Crippen LogP contribution in [-0.2, 0) is 14.3 Å². The molecule has 2 saturated heterocycles.